The van der Waals surface area contributed by atoms with E-state index in [-0.39, 0.29) is 11.4 Å². The molecule has 1 fully saturated rings. The molecule has 5 heteroatoms. The van der Waals surface area contributed by atoms with Crippen molar-refractivity contribution in [2.75, 3.05) is 19.6 Å². The SMILES string of the molecule is CCCCCC(C)CCN1C(=O)CCN1CCCCCCC(=O)NC(C)(C)C. The summed E-state index contributed by atoms with van der Waals surface area (Å²) in [6.07, 6.45) is 11.8. The van der Waals surface area contributed by atoms with Crippen LogP contribution in [0.3, 0.4) is 0 Å². The molecular formula is C23H45N3O2. The van der Waals surface area contributed by atoms with Gasteiger partial charge < -0.3 is 5.32 Å². The van der Waals surface area contributed by atoms with Gasteiger partial charge in [0.15, 0.2) is 0 Å². The lowest BCUT2D eigenvalue weighted by atomic mass is 10.00. The smallest absolute Gasteiger partial charge is 0.238 e. The highest BCUT2D eigenvalue weighted by Crippen LogP contribution is 2.19. The van der Waals surface area contributed by atoms with E-state index in [1.54, 1.807) is 0 Å². The van der Waals surface area contributed by atoms with Crippen LogP contribution in [-0.4, -0.2) is 47.0 Å². The van der Waals surface area contributed by atoms with Crippen LogP contribution in [0.1, 0.15) is 105 Å². The molecule has 1 atom stereocenters. The normalized spacial score (nSPS) is 16.6. The minimum atomic E-state index is -0.143. The van der Waals surface area contributed by atoms with Crippen molar-refractivity contribution < 1.29 is 9.59 Å². The Bertz CT molecular complexity index is 459. The van der Waals surface area contributed by atoms with Crippen LogP contribution >= 0.6 is 0 Å². The molecule has 1 aliphatic heterocycles. The Hall–Kier alpha value is -1.10. The van der Waals surface area contributed by atoms with E-state index in [4.69, 9.17) is 0 Å². The number of nitrogens with zero attached hydrogens (tertiary/aromatic N) is 2. The van der Waals surface area contributed by atoms with Crippen molar-refractivity contribution in [1.29, 1.82) is 0 Å². The third-order valence-corrected chi connectivity index (χ3v) is 5.43. The molecule has 164 valence electrons. The zero-order chi connectivity index (χ0) is 21.0. The number of hydrazine groups is 1. The third-order valence-electron chi connectivity index (χ3n) is 5.43. The van der Waals surface area contributed by atoms with E-state index in [0.29, 0.717) is 24.7 Å². The monoisotopic (exact) mass is 395 g/mol. The zero-order valence-electron chi connectivity index (χ0n) is 19.2. The second-order valence-corrected chi connectivity index (χ2v) is 9.57. The zero-order valence-corrected chi connectivity index (χ0v) is 19.2. The van der Waals surface area contributed by atoms with E-state index >= 15 is 0 Å². The Labute approximate surface area is 173 Å². The Morgan fingerprint density at radius 1 is 1.04 bits per heavy atom. The topological polar surface area (TPSA) is 52.7 Å². The molecule has 0 aromatic rings. The molecule has 0 aliphatic carbocycles. The molecule has 0 aromatic heterocycles. The molecule has 1 N–H and O–H groups in total. The molecule has 0 bridgehead atoms. The Balaban J connectivity index is 2.17. The van der Waals surface area contributed by atoms with Crippen LogP contribution in [0, 0.1) is 5.92 Å². The minimum Gasteiger partial charge on any atom is -0.352 e. The summed E-state index contributed by atoms with van der Waals surface area (Å²) in [5.74, 6) is 1.14. The molecule has 0 aromatic carbocycles. The fourth-order valence-corrected chi connectivity index (χ4v) is 3.77. The summed E-state index contributed by atoms with van der Waals surface area (Å²) in [4.78, 5) is 24.0. The molecule has 0 radical (unpaired) electrons. The van der Waals surface area contributed by atoms with E-state index < -0.39 is 0 Å². The van der Waals surface area contributed by atoms with Crippen molar-refractivity contribution >= 4 is 11.8 Å². The highest BCUT2D eigenvalue weighted by atomic mass is 16.2. The first-order valence-corrected chi connectivity index (χ1v) is 11.6. The van der Waals surface area contributed by atoms with Crippen molar-refractivity contribution in [1.82, 2.24) is 15.3 Å². The van der Waals surface area contributed by atoms with Crippen molar-refractivity contribution in [3.8, 4) is 0 Å². The number of carbonyl (C=O) groups excluding carboxylic acids is 2. The van der Waals surface area contributed by atoms with Gasteiger partial charge in [-0.05, 0) is 46.0 Å². The molecular weight excluding hydrogens is 350 g/mol. The minimum absolute atomic E-state index is 0.143. The molecule has 1 rings (SSSR count). The van der Waals surface area contributed by atoms with Crippen LogP contribution in [0.4, 0.5) is 0 Å². The summed E-state index contributed by atoms with van der Waals surface area (Å²) in [6.45, 7) is 13.3. The standard InChI is InChI=1S/C23H45N3O2/c1-6-7-10-13-20(2)15-19-26-22(28)16-18-25(26)17-12-9-8-11-14-21(27)24-23(3,4)5/h20H,6-19H2,1-5H3,(H,24,27). The fraction of sp³-hybridized carbons (Fsp3) is 0.913. The van der Waals surface area contributed by atoms with Gasteiger partial charge in [0.2, 0.25) is 11.8 Å². The summed E-state index contributed by atoms with van der Waals surface area (Å²) >= 11 is 0. The number of unbranched alkanes of at least 4 members (excludes halogenated alkanes) is 5. The third kappa shape index (κ3) is 11.0. The lowest BCUT2D eigenvalue weighted by Gasteiger charge is -2.29. The van der Waals surface area contributed by atoms with Gasteiger partial charge in [-0.2, -0.15) is 0 Å². The first-order chi connectivity index (χ1) is 13.2. The number of hydrogen-bond donors (Lipinski definition) is 1. The van der Waals surface area contributed by atoms with E-state index in [1.165, 1.54) is 25.7 Å². The Morgan fingerprint density at radius 2 is 1.75 bits per heavy atom. The van der Waals surface area contributed by atoms with Crippen molar-refractivity contribution in [3.63, 3.8) is 0 Å². The molecule has 1 unspecified atom stereocenters. The molecule has 1 saturated heterocycles. The lowest BCUT2D eigenvalue weighted by molar-refractivity contribution is -0.138. The second-order valence-electron chi connectivity index (χ2n) is 9.57. The molecule has 1 aliphatic rings. The van der Waals surface area contributed by atoms with Crippen molar-refractivity contribution in [3.05, 3.63) is 0 Å². The number of rotatable bonds is 14. The highest BCUT2D eigenvalue weighted by molar-refractivity contribution is 5.77. The number of hydrogen-bond acceptors (Lipinski definition) is 3. The van der Waals surface area contributed by atoms with Gasteiger partial charge in [0, 0.05) is 38.0 Å². The maximum Gasteiger partial charge on any atom is 0.238 e. The van der Waals surface area contributed by atoms with E-state index in [0.717, 1.165) is 51.7 Å². The largest absolute Gasteiger partial charge is 0.352 e. The van der Waals surface area contributed by atoms with Crippen LogP contribution in [0.2, 0.25) is 0 Å². The highest BCUT2D eigenvalue weighted by Gasteiger charge is 2.28. The van der Waals surface area contributed by atoms with E-state index in [9.17, 15) is 9.59 Å². The molecule has 0 saturated carbocycles. The number of carbonyl (C=O) groups is 2. The van der Waals surface area contributed by atoms with Gasteiger partial charge in [-0.1, -0.05) is 52.4 Å². The number of amides is 2. The maximum absolute atomic E-state index is 12.2. The van der Waals surface area contributed by atoms with Crippen LogP contribution in [-0.2, 0) is 9.59 Å². The average molecular weight is 396 g/mol. The van der Waals surface area contributed by atoms with Crippen LogP contribution in [0.15, 0.2) is 0 Å². The van der Waals surface area contributed by atoms with Crippen LogP contribution in [0.5, 0.6) is 0 Å². The van der Waals surface area contributed by atoms with Gasteiger partial charge in [0.25, 0.3) is 0 Å². The van der Waals surface area contributed by atoms with Crippen LogP contribution in [0.25, 0.3) is 0 Å². The maximum atomic E-state index is 12.2. The van der Waals surface area contributed by atoms with E-state index in [1.807, 2.05) is 25.8 Å². The summed E-state index contributed by atoms with van der Waals surface area (Å²) in [6, 6.07) is 0. The summed E-state index contributed by atoms with van der Waals surface area (Å²) in [5.41, 5.74) is -0.143. The molecule has 1 heterocycles. The lowest BCUT2D eigenvalue weighted by Crippen LogP contribution is -2.40. The molecule has 0 spiro atoms. The van der Waals surface area contributed by atoms with Crippen LogP contribution < -0.4 is 5.32 Å². The van der Waals surface area contributed by atoms with Crippen molar-refractivity contribution in [2.45, 2.75) is 111 Å². The van der Waals surface area contributed by atoms with Gasteiger partial charge >= 0.3 is 0 Å². The average Bonchev–Trinajstić information content (AvgIpc) is 2.94. The van der Waals surface area contributed by atoms with E-state index in [2.05, 4.69) is 24.2 Å². The fourth-order valence-electron chi connectivity index (χ4n) is 3.77. The van der Waals surface area contributed by atoms with Gasteiger partial charge in [-0.15, -0.1) is 0 Å². The van der Waals surface area contributed by atoms with Crippen molar-refractivity contribution in [2.24, 2.45) is 5.92 Å². The predicted molar refractivity (Wildman–Crippen MR) is 117 cm³/mol. The molecule has 5 nitrogen and oxygen atoms in total. The molecule has 28 heavy (non-hydrogen) atoms. The van der Waals surface area contributed by atoms with Gasteiger partial charge in [0.05, 0.1) is 0 Å². The summed E-state index contributed by atoms with van der Waals surface area (Å²) in [7, 11) is 0. The molecule has 2 amide bonds. The summed E-state index contributed by atoms with van der Waals surface area (Å²) in [5, 5.41) is 7.28. The van der Waals surface area contributed by atoms with Gasteiger partial charge in [-0.25, -0.2) is 5.01 Å². The second kappa shape index (κ2) is 13.2. The Morgan fingerprint density at radius 3 is 2.43 bits per heavy atom. The first-order valence-electron chi connectivity index (χ1n) is 11.6. The van der Waals surface area contributed by atoms with Gasteiger partial charge in [0.1, 0.15) is 0 Å². The predicted octanol–water partition coefficient (Wildman–Crippen LogP) is 4.91. The van der Waals surface area contributed by atoms with Gasteiger partial charge in [-0.3, -0.25) is 14.6 Å². The first kappa shape index (κ1) is 24.9. The summed E-state index contributed by atoms with van der Waals surface area (Å²) < 4.78 is 0. The quantitative estimate of drug-likeness (QED) is 0.425. The Kier molecular flexibility index (Phi) is 11.7. The number of nitrogens with one attached hydrogen (secondary N) is 1.